The zero-order valence-corrected chi connectivity index (χ0v) is 18.8. The Balaban J connectivity index is 1.74. The van der Waals surface area contributed by atoms with E-state index in [1.807, 2.05) is 56.7 Å². The molecule has 0 bridgehead atoms. The smallest absolute Gasteiger partial charge is 0.231 e. The van der Waals surface area contributed by atoms with Crippen LogP contribution in [0, 0.1) is 36.5 Å². The number of allylic oxidation sites excluding steroid dienone is 2. The molecule has 0 fully saturated rings. The van der Waals surface area contributed by atoms with E-state index in [0.717, 1.165) is 33.6 Å². The maximum Gasteiger partial charge on any atom is 0.231 e. The van der Waals surface area contributed by atoms with Gasteiger partial charge in [0.15, 0.2) is 17.0 Å². The average molecular weight is 435 g/mol. The van der Waals surface area contributed by atoms with Crippen LogP contribution in [0.3, 0.4) is 0 Å². The fourth-order valence-corrected chi connectivity index (χ4v) is 3.59. The van der Waals surface area contributed by atoms with Crippen LogP contribution < -0.4 is 10.6 Å². The van der Waals surface area contributed by atoms with Gasteiger partial charge in [0, 0.05) is 24.5 Å². The number of nitriles is 2. The van der Waals surface area contributed by atoms with Crippen molar-refractivity contribution < 1.29 is 0 Å². The number of rotatable bonds is 5. The minimum atomic E-state index is 0.415. The molecule has 8 nitrogen and oxygen atoms in total. The van der Waals surface area contributed by atoms with Crippen LogP contribution in [0.25, 0.3) is 16.7 Å². The van der Waals surface area contributed by atoms with Gasteiger partial charge in [0.1, 0.15) is 0 Å². The van der Waals surface area contributed by atoms with Crippen LogP contribution in [-0.2, 0) is 7.05 Å². The Bertz CT molecular complexity index is 1440. The normalized spacial score (nSPS) is 11.2. The van der Waals surface area contributed by atoms with Crippen LogP contribution in [0.2, 0.25) is 0 Å². The zero-order chi connectivity index (χ0) is 23.5. The third kappa shape index (κ3) is 4.36. The molecule has 0 saturated heterocycles. The van der Waals surface area contributed by atoms with Gasteiger partial charge in [-0.15, -0.1) is 0 Å². The molecule has 2 aromatic carbocycles. The lowest BCUT2D eigenvalue weighted by Gasteiger charge is -2.16. The van der Waals surface area contributed by atoms with Crippen LogP contribution in [-0.4, -0.2) is 19.5 Å². The van der Waals surface area contributed by atoms with Gasteiger partial charge in [0.05, 0.1) is 24.0 Å². The van der Waals surface area contributed by atoms with E-state index < -0.39 is 0 Å². The minimum absolute atomic E-state index is 0.415. The van der Waals surface area contributed by atoms with Crippen LogP contribution in [0.4, 0.5) is 23.1 Å². The molecule has 4 aromatic rings. The standard InChI is InChI=1S/C25H22N8/c1-15(9-10-26)19-11-16(2)21(17(3)12-19)30-23-22-24(33(4)14-28-22)32-25(31-23)29-20-7-5-18(13-27)6-8-20/h5-9,11-12,14H,1-4H3,(H2,29,30,31,32)/b15-9+. The van der Waals surface area contributed by atoms with Gasteiger partial charge in [-0.2, -0.15) is 20.5 Å². The molecular weight excluding hydrogens is 412 g/mol. The fraction of sp³-hybridized carbons (Fsp3) is 0.160. The van der Waals surface area contributed by atoms with Gasteiger partial charge in [-0.05, 0) is 79.4 Å². The predicted molar refractivity (Wildman–Crippen MR) is 129 cm³/mol. The molecule has 0 amide bonds. The maximum atomic E-state index is 9.01. The first-order chi connectivity index (χ1) is 15.9. The summed E-state index contributed by atoms with van der Waals surface area (Å²) < 4.78 is 1.84. The summed E-state index contributed by atoms with van der Waals surface area (Å²) in [4.78, 5) is 13.8. The van der Waals surface area contributed by atoms with Crippen molar-refractivity contribution in [2.24, 2.45) is 7.05 Å². The van der Waals surface area contributed by atoms with Gasteiger partial charge in [-0.3, -0.25) is 0 Å². The molecule has 0 atom stereocenters. The van der Waals surface area contributed by atoms with E-state index in [1.54, 1.807) is 24.5 Å². The lowest BCUT2D eigenvalue weighted by atomic mass is 9.99. The van der Waals surface area contributed by atoms with E-state index in [9.17, 15) is 0 Å². The van der Waals surface area contributed by atoms with Crippen LogP contribution >= 0.6 is 0 Å². The second-order valence-corrected chi connectivity index (χ2v) is 7.80. The number of hydrogen-bond acceptors (Lipinski definition) is 7. The molecular formula is C25H22N8. The monoisotopic (exact) mass is 434 g/mol. The van der Waals surface area contributed by atoms with Gasteiger partial charge in [-0.25, -0.2) is 4.98 Å². The summed E-state index contributed by atoms with van der Waals surface area (Å²) in [5.41, 5.74) is 7.61. The summed E-state index contributed by atoms with van der Waals surface area (Å²) >= 11 is 0. The SMILES string of the molecule is C/C(=C\C#N)c1cc(C)c(Nc2nc(Nc3ccc(C#N)cc3)nc3c2ncn3C)c(C)c1. The zero-order valence-electron chi connectivity index (χ0n) is 18.8. The molecule has 2 N–H and O–H groups in total. The Labute approximate surface area is 191 Å². The first-order valence-electron chi connectivity index (χ1n) is 10.3. The number of aromatic nitrogens is 4. The van der Waals surface area contributed by atoms with Crippen molar-refractivity contribution >= 4 is 39.9 Å². The summed E-state index contributed by atoms with van der Waals surface area (Å²) in [5, 5.41) is 24.6. The Morgan fingerprint density at radius 3 is 2.36 bits per heavy atom. The molecule has 162 valence electrons. The first kappa shape index (κ1) is 21.5. The molecule has 0 unspecified atom stereocenters. The van der Waals surface area contributed by atoms with E-state index >= 15 is 0 Å². The third-order valence-electron chi connectivity index (χ3n) is 5.34. The van der Waals surface area contributed by atoms with Crippen LogP contribution in [0.15, 0.2) is 48.8 Å². The quantitative estimate of drug-likeness (QED) is 0.411. The number of nitrogens with zero attached hydrogens (tertiary/aromatic N) is 6. The highest BCUT2D eigenvalue weighted by Gasteiger charge is 2.15. The number of hydrogen-bond donors (Lipinski definition) is 2. The van der Waals surface area contributed by atoms with E-state index in [1.165, 1.54) is 0 Å². The van der Waals surface area contributed by atoms with E-state index in [0.29, 0.717) is 28.5 Å². The Kier molecular flexibility index (Phi) is 5.75. The minimum Gasteiger partial charge on any atom is -0.338 e. The summed E-state index contributed by atoms with van der Waals surface area (Å²) in [5.74, 6) is 0.998. The largest absolute Gasteiger partial charge is 0.338 e. The van der Waals surface area contributed by atoms with E-state index in [2.05, 4.69) is 37.7 Å². The highest BCUT2D eigenvalue weighted by atomic mass is 15.2. The van der Waals surface area contributed by atoms with Gasteiger partial charge >= 0.3 is 0 Å². The average Bonchev–Trinajstić information content (AvgIpc) is 3.17. The Morgan fingerprint density at radius 1 is 1.03 bits per heavy atom. The Morgan fingerprint density at radius 2 is 1.73 bits per heavy atom. The Hall–Kier alpha value is -4.69. The number of fused-ring (bicyclic) bond motifs is 1. The van der Waals surface area contributed by atoms with E-state index in [4.69, 9.17) is 10.5 Å². The second kappa shape index (κ2) is 8.81. The molecule has 0 spiro atoms. The molecule has 0 radical (unpaired) electrons. The maximum absolute atomic E-state index is 9.01. The van der Waals surface area contributed by atoms with Crippen molar-refractivity contribution in [1.29, 1.82) is 10.5 Å². The third-order valence-corrected chi connectivity index (χ3v) is 5.34. The van der Waals surface area contributed by atoms with Crippen molar-refractivity contribution in [1.82, 2.24) is 19.5 Å². The molecule has 2 heterocycles. The van der Waals surface area contributed by atoms with Crippen LogP contribution in [0.5, 0.6) is 0 Å². The molecule has 33 heavy (non-hydrogen) atoms. The summed E-state index contributed by atoms with van der Waals surface area (Å²) in [7, 11) is 1.88. The molecule has 8 heteroatoms. The van der Waals surface area contributed by atoms with Gasteiger partial charge in [0.25, 0.3) is 0 Å². The van der Waals surface area contributed by atoms with Gasteiger partial charge in [-0.1, -0.05) is 0 Å². The molecule has 4 rings (SSSR count). The van der Waals surface area contributed by atoms with E-state index in [-0.39, 0.29) is 0 Å². The van der Waals surface area contributed by atoms with Gasteiger partial charge < -0.3 is 15.2 Å². The highest BCUT2D eigenvalue weighted by molar-refractivity contribution is 5.88. The van der Waals surface area contributed by atoms with Crippen molar-refractivity contribution in [2.75, 3.05) is 10.6 Å². The molecule has 0 aliphatic rings. The predicted octanol–water partition coefficient (Wildman–Crippen LogP) is 5.27. The molecule has 0 aliphatic carbocycles. The lowest BCUT2D eigenvalue weighted by molar-refractivity contribution is 0.929. The van der Waals surface area contributed by atoms with Crippen molar-refractivity contribution in [3.8, 4) is 12.1 Å². The van der Waals surface area contributed by atoms with Gasteiger partial charge in [0.2, 0.25) is 5.95 Å². The number of aryl methyl sites for hydroxylation is 3. The van der Waals surface area contributed by atoms with Crippen LogP contribution in [0.1, 0.15) is 29.2 Å². The topological polar surface area (TPSA) is 115 Å². The summed E-state index contributed by atoms with van der Waals surface area (Å²) in [6, 6.07) is 15.4. The fourth-order valence-electron chi connectivity index (χ4n) is 3.59. The highest BCUT2D eigenvalue weighted by Crippen LogP contribution is 2.31. The van der Waals surface area contributed by atoms with Crippen molar-refractivity contribution in [2.45, 2.75) is 20.8 Å². The van der Waals surface area contributed by atoms with Crippen molar-refractivity contribution in [3.05, 3.63) is 71.1 Å². The first-order valence-corrected chi connectivity index (χ1v) is 10.3. The number of benzene rings is 2. The molecule has 0 saturated carbocycles. The number of imidazole rings is 1. The molecule has 2 aromatic heterocycles. The number of nitrogens with one attached hydrogen (secondary N) is 2. The summed E-state index contributed by atoms with van der Waals surface area (Å²) in [6.07, 6.45) is 3.25. The van der Waals surface area contributed by atoms with Crippen molar-refractivity contribution in [3.63, 3.8) is 0 Å². The number of anilines is 4. The molecule has 0 aliphatic heterocycles. The summed E-state index contributed by atoms with van der Waals surface area (Å²) in [6.45, 7) is 5.96. The second-order valence-electron chi connectivity index (χ2n) is 7.80. The lowest BCUT2D eigenvalue weighted by Crippen LogP contribution is -2.05.